The van der Waals surface area contributed by atoms with Crippen molar-refractivity contribution in [3.8, 4) is 0 Å². The Morgan fingerprint density at radius 1 is 1.21 bits per heavy atom. The van der Waals surface area contributed by atoms with Crippen LogP contribution in [0.25, 0.3) is 11.0 Å². The van der Waals surface area contributed by atoms with E-state index in [2.05, 4.69) is 9.55 Å². The Labute approximate surface area is 118 Å². The molecule has 0 atom stereocenters. The molecule has 0 unspecified atom stereocenters. The fourth-order valence-corrected chi connectivity index (χ4v) is 3.32. The zero-order chi connectivity index (χ0) is 13.2. The van der Waals surface area contributed by atoms with E-state index >= 15 is 0 Å². The van der Waals surface area contributed by atoms with Crippen LogP contribution in [0.1, 0.15) is 50.3 Å². The predicted octanol–water partition coefficient (Wildman–Crippen LogP) is 4.08. The molecule has 0 bridgehead atoms. The van der Waals surface area contributed by atoms with E-state index in [0.29, 0.717) is 11.2 Å². The van der Waals surface area contributed by atoms with Crippen LogP contribution in [0.2, 0.25) is 5.15 Å². The fourth-order valence-electron chi connectivity index (χ4n) is 3.17. The number of hydrogen-bond acceptors (Lipinski definition) is 2. The predicted molar refractivity (Wildman–Crippen MR) is 77.4 cm³/mol. The molecule has 1 saturated carbocycles. The Bertz CT molecular complexity index is 571. The molecule has 2 aromatic rings. The molecule has 3 rings (SSSR count). The lowest BCUT2D eigenvalue weighted by atomic mass is 10.1. The van der Waals surface area contributed by atoms with Gasteiger partial charge in [0.15, 0.2) is 0 Å². The van der Waals surface area contributed by atoms with Crippen molar-refractivity contribution in [2.45, 2.75) is 51.2 Å². The van der Waals surface area contributed by atoms with Gasteiger partial charge in [-0.2, -0.15) is 0 Å². The van der Waals surface area contributed by atoms with E-state index in [-0.39, 0.29) is 6.61 Å². The Morgan fingerprint density at radius 3 is 2.63 bits per heavy atom. The van der Waals surface area contributed by atoms with E-state index in [1.165, 1.54) is 38.5 Å². The molecule has 4 heteroatoms. The molecule has 2 aromatic heterocycles. The van der Waals surface area contributed by atoms with E-state index in [4.69, 9.17) is 11.6 Å². The molecule has 0 spiro atoms. The van der Waals surface area contributed by atoms with E-state index in [1.807, 2.05) is 18.2 Å². The number of aliphatic hydroxyl groups is 1. The molecule has 0 amide bonds. The second-order valence-corrected chi connectivity index (χ2v) is 5.74. The van der Waals surface area contributed by atoms with Crippen molar-refractivity contribution >= 4 is 22.6 Å². The average molecular weight is 279 g/mol. The van der Waals surface area contributed by atoms with Gasteiger partial charge in [0.2, 0.25) is 0 Å². The van der Waals surface area contributed by atoms with Crippen LogP contribution >= 0.6 is 11.6 Å². The van der Waals surface area contributed by atoms with Gasteiger partial charge in [-0.3, -0.25) is 0 Å². The maximum atomic E-state index is 9.61. The second kappa shape index (κ2) is 5.51. The van der Waals surface area contributed by atoms with Crippen molar-refractivity contribution < 1.29 is 5.11 Å². The molecule has 1 aliphatic rings. The van der Waals surface area contributed by atoms with Crippen molar-refractivity contribution in [3.63, 3.8) is 0 Å². The third-order valence-corrected chi connectivity index (χ3v) is 4.29. The first-order valence-electron chi connectivity index (χ1n) is 7.07. The smallest absolute Gasteiger partial charge is 0.142 e. The van der Waals surface area contributed by atoms with Crippen LogP contribution < -0.4 is 0 Å². The summed E-state index contributed by atoms with van der Waals surface area (Å²) in [6, 6.07) is 6.27. The van der Waals surface area contributed by atoms with Gasteiger partial charge in [-0.15, -0.1) is 0 Å². The highest BCUT2D eigenvalue weighted by Crippen LogP contribution is 2.32. The SMILES string of the molecule is OCc1cc2ccc(Cl)nc2n1C1CCCCCC1. The fraction of sp³-hybridized carbons (Fsp3) is 0.533. The van der Waals surface area contributed by atoms with Crippen LogP contribution in [0.4, 0.5) is 0 Å². The number of hydrogen-bond donors (Lipinski definition) is 1. The van der Waals surface area contributed by atoms with Crippen LogP contribution in [0.15, 0.2) is 18.2 Å². The van der Waals surface area contributed by atoms with Crippen molar-refractivity contribution in [2.75, 3.05) is 0 Å². The van der Waals surface area contributed by atoms with Crippen LogP contribution in [0.5, 0.6) is 0 Å². The number of fused-ring (bicyclic) bond motifs is 1. The summed E-state index contributed by atoms with van der Waals surface area (Å²) in [5.74, 6) is 0. The van der Waals surface area contributed by atoms with Crippen LogP contribution in [-0.4, -0.2) is 14.7 Å². The molecule has 102 valence electrons. The number of aliphatic hydroxyl groups excluding tert-OH is 1. The summed E-state index contributed by atoms with van der Waals surface area (Å²) in [6.07, 6.45) is 7.50. The Hall–Kier alpha value is -1.06. The molecule has 0 radical (unpaired) electrons. The lowest BCUT2D eigenvalue weighted by Gasteiger charge is -2.20. The molecule has 1 fully saturated rings. The summed E-state index contributed by atoms with van der Waals surface area (Å²) < 4.78 is 2.21. The highest BCUT2D eigenvalue weighted by atomic mass is 35.5. The molecule has 0 aromatic carbocycles. The van der Waals surface area contributed by atoms with Crippen molar-refractivity contribution in [1.82, 2.24) is 9.55 Å². The Morgan fingerprint density at radius 2 is 1.95 bits per heavy atom. The Kier molecular flexibility index (Phi) is 3.76. The van der Waals surface area contributed by atoms with Gasteiger partial charge < -0.3 is 9.67 Å². The van der Waals surface area contributed by atoms with Gasteiger partial charge >= 0.3 is 0 Å². The lowest BCUT2D eigenvalue weighted by molar-refractivity contribution is 0.264. The molecule has 1 aliphatic carbocycles. The summed E-state index contributed by atoms with van der Waals surface area (Å²) in [7, 11) is 0. The van der Waals surface area contributed by atoms with Crippen molar-refractivity contribution in [2.24, 2.45) is 0 Å². The Balaban J connectivity index is 2.10. The number of aromatic nitrogens is 2. The molecule has 3 nitrogen and oxygen atoms in total. The minimum atomic E-state index is 0.0600. The standard InChI is InChI=1S/C15H19ClN2O/c16-14-8-7-11-9-13(10-19)18(15(11)17-14)12-5-3-1-2-4-6-12/h7-9,12,19H,1-6,10H2. The van der Waals surface area contributed by atoms with Gasteiger partial charge in [-0.25, -0.2) is 4.98 Å². The third kappa shape index (κ3) is 2.49. The average Bonchev–Trinajstić information content (AvgIpc) is 2.60. The second-order valence-electron chi connectivity index (χ2n) is 5.36. The molecule has 0 aliphatic heterocycles. The molecule has 19 heavy (non-hydrogen) atoms. The van der Waals surface area contributed by atoms with E-state index in [0.717, 1.165) is 16.7 Å². The number of pyridine rings is 1. The normalized spacial score (nSPS) is 17.8. The maximum Gasteiger partial charge on any atom is 0.142 e. The maximum absolute atomic E-state index is 9.61. The quantitative estimate of drug-likeness (QED) is 0.664. The first-order valence-corrected chi connectivity index (χ1v) is 7.44. The summed E-state index contributed by atoms with van der Waals surface area (Å²) >= 11 is 6.03. The highest BCUT2D eigenvalue weighted by molar-refractivity contribution is 6.29. The molecule has 0 saturated heterocycles. The number of nitrogens with zero attached hydrogens (tertiary/aromatic N) is 2. The number of rotatable bonds is 2. The summed E-state index contributed by atoms with van der Waals surface area (Å²) in [5, 5.41) is 11.2. The topological polar surface area (TPSA) is 38.1 Å². The third-order valence-electron chi connectivity index (χ3n) is 4.08. The van der Waals surface area contributed by atoms with E-state index < -0.39 is 0 Å². The monoisotopic (exact) mass is 278 g/mol. The minimum Gasteiger partial charge on any atom is -0.390 e. The van der Waals surface area contributed by atoms with Crippen LogP contribution in [0.3, 0.4) is 0 Å². The first kappa shape index (κ1) is 12.9. The zero-order valence-electron chi connectivity index (χ0n) is 11.0. The van der Waals surface area contributed by atoms with Gasteiger partial charge in [0.1, 0.15) is 10.8 Å². The van der Waals surface area contributed by atoms with Gasteiger partial charge in [0, 0.05) is 17.1 Å². The van der Waals surface area contributed by atoms with Gasteiger partial charge in [0.25, 0.3) is 0 Å². The first-order chi connectivity index (χ1) is 9.29. The number of halogens is 1. The van der Waals surface area contributed by atoms with Crippen LogP contribution in [-0.2, 0) is 6.61 Å². The minimum absolute atomic E-state index is 0.0600. The molecular formula is C15H19ClN2O. The molecule has 1 N–H and O–H groups in total. The highest BCUT2D eigenvalue weighted by Gasteiger charge is 2.20. The largest absolute Gasteiger partial charge is 0.390 e. The molecular weight excluding hydrogens is 260 g/mol. The van der Waals surface area contributed by atoms with Gasteiger partial charge in [-0.05, 0) is 31.0 Å². The zero-order valence-corrected chi connectivity index (χ0v) is 11.7. The summed E-state index contributed by atoms with van der Waals surface area (Å²) in [6.45, 7) is 0.0600. The summed E-state index contributed by atoms with van der Waals surface area (Å²) in [4.78, 5) is 4.47. The van der Waals surface area contributed by atoms with E-state index in [9.17, 15) is 5.11 Å². The van der Waals surface area contributed by atoms with Crippen LogP contribution in [0, 0.1) is 0 Å². The van der Waals surface area contributed by atoms with Crippen molar-refractivity contribution in [1.29, 1.82) is 0 Å². The lowest BCUT2D eigenvalue weighted by Crippen LogP contribution is -2.12. The van der Waals surface area contributed by atoms with Gasteiger partial charge in [0.05, 0.1) is 6.61 Å². The van der Waals surface area contributed by atoms with E-state index in [1.54, 1.807) is 0 Å². The summed E-state index contributed by atoms with van der Waals surface area (Å²) in [5.41, 5.74) is 1.88. The van der Waals surface area contributed by atoms with Crippen molar-refractivity contribution in [3.05, 3.63) is 29.0 Å². The molecule has 2 heterocycles. The van der Waals surface area contributed by atoms with Gasteiger partial charge in [-0.1, -0.05) is 37.3 Å².